The Morgan fingerprint density at radius 2 is 1.67 bits per heavy atom. The number of halogens is 6. The molecule has 6 heteroatoms. The van der Waals surface area contributed by atoms with Crippen molar-refractivity contribution in [2.24, 2.45) is 0 Å². The number of rotatable bonds is 3. The lowest BCUT2D eigenvalue weighted by Crippen LogP contribution is -2.26. The zero-order valence-corrected chi connectivity index (χ0v) is 10.6. The standard InChI is InChI=1S/C6H6Cl6/c1-2-3(7)6(11,12)4(8)5(9)10/h3H,2H2,1H3. The molecule has 0 aromatic carbocycles. The quantitative estimate of drug-likeness (QED) is 0.637. The molecule has 0 aliphatic heterocycles. The minimum Gasteiger partial charge on any atom is -0.119 e. The second-order valence-electron chi connectivity index (χ2n) is 2.07. The molecule has 0 heterocycles. The molecule has 0 rings (SSSR count). The molecule has 0 spiro atoms. The Balaban J connectivity index is 4.73. The van der Waals surface area contributed by atoms with E-state index in [4.69, 9.17) is 69.6 Å². The van der Waals surface area contributed by atoms with Gasteiger partial charge in [-0.3, -0.25) is 0 Å². The number of hydrogen-bond donors (Lipinski definition) is 0. The van der Waals surface area contributed by atoms with Crippen LogP contribution in [0.25, 0.3) is 0 Å². The van der Waals surface area contributed by atoms with Crippen molar-refractivity contribution < 1.29 is 0 Å². The van der Waals surface area contributed by atoms with Gasteiger partial charge in [0.2, 0.25) is 0 Å². The molecule has 0 nitrogen and oxygen atoms in total. The van der Waals surface area contributed by atoms with E-state index in [0.717, 1.165) is 0 Å². The highest BCUT2D eigenvalue weighted by Gasteiger charge is 2.37. The van der Waals surface area contributed by atoms with E-state index in [-0.39, 0.29) is 9.52 Å². The average molecular weight is 291 g/mol. The third kappa shape index (κ3) is 3.32. The summed E-state index contributed by atoms with van der Waals surface area (Å²) in [5.41, 5.74) is 0. The SMILES string of the molecule is CCC(Cl)C(Cl)(Cl)C(Cl)=C(Cl)Cl. The molecule has 1 unspecified atom stereocenters. The lowest BCUT2D eigenvalue weighted by Gasteiger charge is -2.23. The minimum atomic E-state index is -1.42. The highest BCUT2D eigenvalue weighted by molar-refractivity contribution is 6.65. The predicted molar refractivity (Wildman–Crippen MR) is 59.0 cm³/mol. The van der Waals surface area contributed by atoms with Gasteiger partial charge in [-0.15, -0.1) is 11.6 Å². The zero-order chi connectivity index (χ0) is 9.94. The van der Waals surface area contributed by atoms with E-state index in [9.17, 15) is 0 Å². The van der Waals surface area contributed by atoms with Crippen LogP contribution >= 0.6 is 69.6 Å². The van der Waals surface area contributed by atoms with Gasteiger partial charge in [0.1, 0.15) is 4.49 Å². The van der Waals surface area contributed by atoms with Gasteiger partial charge < -0.3 is 0 Å². The molecule has 0 saturated heterocycles. The Morgan fingerprint density at radius 3 is 1.92 bits per heavy atom. The summed E-state index contributed by atoms with van der Waals surface area (Å²) >= 11 is 33.9. The Kier molecular flexibility index (Phi) is 6.05. The summed E-state index contributed by atoms with van der Waals surface area (Å²) < 4.78 is -1.59. The number of hydrogen-bond acceptors (Lipinski definition) is 0. The van der Waals surface area contributed by atoms with E-state index in [1.165, 1.54) is 0 Å². The molecule has 0 aromatic heterocycles. The highest BCUT2D eigenvalue weighted by Crippen LogP contribution is 2.43. The van der Waals surface area contributed by atoms with Crippen molar-refractivity contribution in [1.29, 1.82) is 0 Å². The molecule has 0 aromatic rings. The predicted octanol–water partition coefficient (Wildman–Crippen LogP) is 5.06. The first kappa shape index (κ1) is 13.5. The molecule has 0 saturated carbocycles. The van der Waals surface area contributed by atoms with Crippen LogP contribution in [-0.4, -0.2) is 9.71 Å². The van der Waals surface area contributed by atoms with Gasteiger partial charge >= 0.3 is 0 Å². The van der Waals surface area contributed by atoms with Crippen LogP contribution in [0.5, 0.6) is 0 Å². The van der Waals surface area contributed by atoms with Gasteiger partial charge in [0.05, 0.1) is 10.4 Å². The van der Waals surface area contributed by atoms with Gasteiger partial charge in [-0.1, -0.05) is 64.9 Å². The van der Waals surface area contributed by atoms with Crippen molar-refractivity contribution in [1.82, 2.24) is 0 Å². The molecular weight excluding hydrogens is 285 g/mol. The second-order valence-corrected chi connectivity index (χ2v) is 5.31. The van der Waals surface area contributed by atoms with Crippen LogP contribution in [0.4, 0.5) is 0 Å². The molecule has 0 N–H and O–H groups in total. The topological polar surface area (TPSA) is 0 Å². The zero-order valence-electron chi connectivity index (χ0n) is 6.05. The van der Waals surface area contributed by atoms with Crippen LogP contribution in [0.3, 0.4) is 0 Å². The first-order valence-electron chi connectivity index (χ1n) is 3.07. The van der Waals surface area contributed by atoms with Crippen molar-refractivity contribution in [3.05, 3.63) is 9.52 Å². The van der Waals surface area contributed by atoms with Crippen LogP contribution in [-0.2, 0) is 0 Å². The van der Waals surface area contributed by atoms with E-state index in [0.29, 0.717) is 6.42 Å². The number of allylic oxidation sites excluding steroid dienone is 1. The van der Waals surface area contributed by atoms with Gasteiger partial charge in [0.15, 0.2) is 4.33 Å². The number of alkyl halides is 3. The summed E-state index contributed by atoms with van der Waals surface area (Å²) in [5.74, 6) is 0. The molecule has 72 valence electrons. The van der Waals surface area contributed by atoms with E-state index in [2.05, 4.69) is 0 Å². The first-order valence-corrected chi connectivity index (χ1v) is 5.39. The largest absolute Gasteiger partial charge is 0.172 e. The third-order valence-electron chi connectivity index (χ3n) is 1.21. The summed E-state index contributed by atoms with van der Waals surface area (Å²) in [6.07, 6.45) is 0.561. The average Bonchev–Trinajstić information content (AvgIpc) is 2.01. The van der Waals surface area contributed by atoms with Crippen LogP contribution < -0.4 is 0 Å². The lowest BCUT2D eigenvalue weighted by molar-refractivity contribution is 0.778. The van der Waals surface area contributed by atoms with E-state index in [1.807, 2.05) is 6.92 Å². The first-order chi connectivity index (χ1) is 5.34. The molecule has 0 bridgehead atoms. The Morgan fingerprint density at radius 1 is 1.25 bits per heavy atom. The smallest absolute Gasteiger partial charge is 0.119 e. The van der Waals surface area contributed by atoms with Crippen molar-refractivity contribution in [3.63, 3.8) is 0 Å². The van der Waals surface area contributed by atoms with Gasteiger partial charge in [-0.25, -0.2) is 0 Å². The van der Waals surface area contributed by atoms with E-state index >= 15 is 0 Å². The summed E-state index contributed by atoms with van der Waals surface area (Å²) in [7, 11) is 0. The van der Waals surface area contributed by atoms with E-state index < -0.39 is 9.71 Å². The maximum atomic E-state index is 5.81. The summed E-state index contributed by atoms with van der Waals surface area (Å²) in [6.45, 7) is 1.82. The Hall–Kier alpha value is 1.48. The van der Waals surface area contributed by atoms with Gasteiger partial charge in [-0.05, 0) is 6.42 Å². The Labute approximate surface area is 102 Å². The Bertz CT molecular complexity index is 180. The molecule has 1 atom stereocenters. The molecule has 0 fully saturated rings. The summed E-state index contributed by atoms with van der Waals surface area (Å²) in [5, 5.41) is -0.572. The monoisotopic (exact) mass is 288 g/mol. The maximum Gasteiger partial charge on any atom is 0.172 e. The van der Waals surface area contributed by atoms with Gasteiger partial charge in [0.25, 0.3) is 0 Å². The molecule has 0 radical (unpaired) electrons. The lowest BCUT2D eigenvalue weighted by atomic mass is 10.2. The fourth-order valence-corrected chi connectivity index (χ4v) is 1.81. The molecule has 12 heavy (non-hydrogen) atoms. The molecule has 0 amide bonds. The van der Waals surface area contributed by atoms with Crippen LogP contribution in [0, 0.1) is 0 Å². The van der Waals surface area contributed by atoms with Crippen molar-refractivity contribution in [2.45, 2.75) is 23.1 Å². The van der Waals surface area contributed by atoms with Crippen molar-refractivity contribution in [2.75, 3.05) is 0 Å². The fourth-order valence-electron chi connectivity index (χ4n) is 0.520. The second kappa shape index (κ2) is 5.38. The van der Waals surface area contributed by atoms with Crippen LogP contribution in [0.1, 0.15) is 13.3 Å². The third-order valence-corrected chi connectivity index (χ3v) is 4.23. The summed E-state index contributed by atoms with van der Waals surface area (Å²) in [6, 6.07) is 0. The van der Waals surface area contributed by atoms with E-state index in [1.54, 1.807) is 0 Å². The van der Waals surface area contributed by atoms with Gasteiger partial charge in [0, 0.05) is 0 Å². The molecule has 0 aliphatic rings. The molecule has 0 aliphatic carbocycles. The van der Waals surface area contributed by atoms with Crippen LogP contribution in [0.2, 0.25) is 0 Å². The van der Waals surface area contributed by atoms with Crippen LogP contribution in [0.15, 0.2) is 9.52 Å². The maximum absolute atomic E-state index is 5.81. The van der Waals surface area contributed by atoms with Gasteiger partial charge in [-0.2, -0.15) is 0 Å². The normalized spacial score (nSPS) is 14.2. The summed E-state index contributed by atoms with van der Waals surface area (Å²) in [4.78, 5) is 0. The van der Waals surface area contributed by atoms with Crippen molar-refractivity contribution >= 4 is 69.6 Å². The molecular formula is C6H6Cl6. The highest BCUT2D eigenvalue weighted by atomic mass is 35.5. The fraction of sp³-hybridized carbons (Fsp3) is 0.667. The minimum absolute atomic E-state index is 0.0454. The van der Waals surface area contributed by atoms with Crippen molar-refractivity contribution in [3.8, 4) is 0 Å².